The molecule has 2 heterocycles. The topological polar surface area (TPSA) is 73.1 Å². The van der Waals surface area contributed by atoms with E-state index in [-0.39, 0.29) is 12.2 Å². The van der Waals surface area contributed by atoms with Crippen molar-refractivity contribution in [1.82, 2.24) is 4.57 Å². The number of aromatic nitrogens is 1. The van der Waals surface area contributed by atoms with E-state index in [9.17, 15) is 9.59 Å². The molecule has 176 valence electrons. The summed E-state index contributed by atoms with van der Waals surface area (Å²) in [6.07, 6.45) is 1.80. The Kier molecular flexibility index (Phi) is 6.70. The van der Waals surface area contributed by atoms with Gasteiger partial charge >= 0.3 is 5.97 Å². The van der Waals surface area contributed by atoms with E-state index in [2.05, 4.69) is 4.99 Å². The molecule has 8 heteroatoms. The molecule has 2 aromatic carbocycles. The Bertz CT molecular complexity index is 1430. The van der Waals surface area contributed by atoms with Crippen molar-refractivity contribution in [3.63, 3.8) is 0 Å². The number of allylic oxidation sites excluding steroid dienone is 1. The summed E-state index contributed by atoms with van der Waals surface area (Å²) in [5.41, 5.74) is 3.33. The maximum Gasteiger partial charge on any atom is 0.338 e. The first kappa shape index (κ1) is 23.5. The molecule has 0 bridgehead atoms. The lowest BCUT2D eigenvalue weighted by Gasteiger charge is -2.25. The molecule has 0 unspecified atom stereocenters. The van der Waals surface area contributed by atoms with Crippen molar-refractivity contribution in [2.24, 2.45) is 4.99 Å². The van der Waals surface area contributed by atoms with Crippen molar-refractivity contribution < 1.29 is 14.3 Å². The highest BCUT2D eigenvalue weighted by molar-refractivity contribution is 7.07. The molecule has 3 aromatic rings. The third kappa shape index (κ3) is 4.28. The normalized spacial score (nSPS) is 15.6. The molecule has 4 rings (SSSR count). The molecule has 1 aromatic heterocycles. The van der Waals surface area contributed by atoms with Crippen molar-refractivity contribution in [2.75, 3.05) is 32.7 Å². The van der Waals surface area contributed by atoms with E-state index in [1.54, 1.807) is 31.6 Å². The number of esters is 1. The lowest BCUT2D eigenvalue weighted by Crippen LogP contribution is -2.39. The van der Waals surface area contributed by atoms with Crippen LogP contribution < -0.4 is 24.5 Å². The monoisotopic (exact) mass is 477 g/mol. The number of carbonyl (C=O) groups excluding carboxylic acids is 1. The molecular formula is C26H27N3O4S. The highest BCUT2D eigenvalue weighted by Gasteiger charge is 2.33. The zero-order valence-electron chi connectivity index (χ0n) is 19.9. The highest BCUT2D eigenvalue weighted by atomic mass is 32.1. The van der Waals surface area contributed by atoms with E-state index in [0.717, 1.165) is 16.8 Å². The Labute approximate surface area is 201 Å². The van der Waals surface area contributed by atoms with Crippen LogP contribution in [0.25, 0.3) is 6.08 Å². The van der Waals surface area contributed by atoms with Crippen molar-refractivity contribution in [1.29, 1.82) is 0 Å². The first-order valence-corrected chi connectivity index (χ1v) is 11.8. The summed E-state index contributed by atoms with van der Waals surface area (Å²) in [7, 11) is 5.52. The number of methoxy groups -OCH3 is 1. The first-order valence-electron chi connectivity index (χ1n) is 11.0. The second-order valence-corrected chi connectivity index (χ2v) is 9.04. The summed E-state index contributed by atoms with van der Waals surface area (Å²) >= 11 is 1.29. The predicted molar refractivity (Wildman–Crippen MR) is 134 cm³/mol. The van der Waals surface area contributed by atoms with Crippen LogP contribution in [0.3, 0.4) is 0 Å². The quantitative estimate of drug-likeness (QED) is 0.511. The van der Waals surface area contributed by atoms with Gasteiger partial charge in [0.05, 0.1) is 35.6 Å². The van der Waals surface area contributed by atoms with Crippen LogP contribution in [0.4, 0.5) is 5.69 Å². The maximum absolute atomic E-state index is 13.7. The number of thiazole rings is 1. The Morgan fingerprint density at radius 1 is 1.18 bits per heavy atom. The first-order chi connectivity index (χ1) is 16.3. The van der Waals surface area contributed by atoms with Crippen LogP contribution in [0, 0.1) is 0 Å². The Morgan fingerprint density at radius 3 is 2.53 bits per heavy atom. The fraction of sp³-hybridized carbons (Fsp3) is 0.269. The number of ether oxygens (including phenoxy) is 2. The molecule has 1 aliphatic rings. The number of fused-ring (bicyclic) bond motifs is 1. The second-order valence-electron chi connectivity index (χ2n) is 8.03. The minimum atomic E-state index is -0.633. The standard InChI is InChI=1S/C26H27N3O4S/c1-6-33-25(31)22-16(2)27-26-29(23(22)17-11-13-19(14-12-17)28(3)4)24(30)21(34-26)15-18-9-7-8-10-20(18)32-5/h7-15,23H,6H2,1-5H3/b21-15-/t23-/m1/s1. The Hall–Kier alpha value is -3.65. The number of hydrogen-bond acceptors (Lipinski definition) is 7. The summed E-state index contributed by atoms with van der Waals surface area (Å²) < 4.78 is 12.9. The number of hydrogen-bond donors (Lipinski definition) is 0. The van der Waals surface area contributed by atoms with Gasteiger partial charge in [-0.15, -0.1) is 0 Å². The molecule has 0 radical (unpaired) electrons. The van der Waals surface area contributed by atoms with Gasteiger partial charge in [-0.25, -0.2) is 9.79 Å². The largest absolute Gasteiger partial charge is 0.496 e. The van der Waals surface area contributed by atoms with Gasteiger partial charge in [0.25, 0.3) is 5.56 Å². The molecule has 34 heavy (non-hydrogen) atoms. The molecule has 0 aliphatic carbocycles. The van der Waals surface area contributed by atoms with Gasteiger partial charge in [-0.05, 0) is 43.7 Å². The molecule has 0 fully saturated rings. The fourth-order valence-electron chi connectivity index (χ4n) is 3.99. The lowest BCUT2D eigenvalue weighted by atomic mass is 9.95. The van der Waals surface area contributed by atoms with E-state index in [0.29, 0.717) is 26.4 Å². The van der Waals surface area contributed by atoms with Gasteiger partial charge in [-0.2, -0.15) is 0 Å². The number of nitrogens with zero attached hydrogens (tertiary/aromatic N) is 3. The summed E-state index contributed by atoms with van der Waals surface area (Å²) in [5, 5.41) is 0. The summed E-state index contributed by atoms with van der Waals surface area (Å²) in [4.78, 5) is 33.8. The van der Waals surface area contributed by atoms with Crippen LogP contribution in [-0.2, 0) is 9.53 Å². The third-order valence-electron chi connectivity index (χ3n) is 5.67. The van der Waals surface area contributed by atoms with Crippen LogP contribution in [0.2, 0.25) is 0 Å². The van der Waals surface area contributed by atoms with E-state index < -0.39 is 12.0 Å². The minimum absolute atomic E-state index is 0.217. The van der Waals surface area contributed by atoms with Crippen LogP contribution in [0.15, 0.2) is 69.6 Å². The number of benzene rings is 2. The summed E-state index contributed by atoms with van der Waals surface area (Å²) in [6.45, 7) is 3.78. The van der Waals surface area contributed by atoms with Crippen molar-refractivity contribution >= 4 is 29.1 Å². The van der Waals surface area contributed by atoms with Gasteiger partial charge in [0, 0.05) is 25.3 Å². The van der Waals surface area contributed by atoms with Crippen molar-refractivity contribution in [3.8, 4) is 5.75 Å². The second kappa shape index (κ2) is 9.69. The average Bonchev–Trinajstić information content (AvgIpc) is 3.13. The van der Waals surface area contributed by atoms with Crippen LogP contribution in [-0.4, -0.2) is 38.3 Å². The molecular weight excluding hydrogens is 450 g/mol. The van der Waals surface area contributed by atoms with E-state index in [1.807, 2.05) is 67.5 Å². The Balaban J connectivity index is 1.95. The van der Waals surface area contributed by atoms with Crippen molar-refractivity contribution in [2.45, 2.75) is 19.9 Å². The van der Waals surface area contributed by atoms with E-state index in [1.165, 1.54) is 11.3 Å². The zero-order valence-corrected chi connectivity index (χ0v) is 20.7. The molecule has 0 amide bonds. The predicted octanol–water partition coefficient (Wildman–Crippen LogP) is 2.87. The average molecular weight is 478 g/mol. The van der Waals surface area contributed by atoms with Gasteiger partial charge in [0.2, 0.25) is 0 Å². The molecule has 0 spiro atoms. The van der Waals surface area contributed by atoms with Crippen LogP contribution >= 0.6 is 11.3 Å². The molecule has 0 N–H and O–H groups in total. The van der Waals surface area contributed by atoms with Gasteiger partial charge in [-0.1, -0.05) is 41.7 Å². The van der Waals surface area contributed by atoms with Gasteiger partial charge < -0.3 is 14.4 Å². The molecule has 0 saturated heterocycles. The van der Waals surface area contributed by atoms with Crippen LogP contribution in [0.1, 0.15) is 31.0 Å². The lowest BCUT2D eigenvalue weighted by molar-refractivity contribution is -0.139. The molecule has 1 aliphatic heterocycles. The summed E-state index contributed by atoms with van der Waals surface area (Å²) in [6, 6.07) is 14.7. The van der Waals surface area contributed by atoms with Gasteiger partial charge in [0.15, 0.2) is 4.80 Å². The SMILES string of the molecule is CCOC(=O)C1=C(C)N=c2s/c(=C\c3ccccc3OC)c(=O)n2[C@@H]1c1ccc(N(C)C)cc1. The zero-order chi connectivity index (χ0) is 24.4. The minimum Gasteiger partial charge on any atom is -0.496 e. The third-order valence-corrected chi connectivity index (χ3v) is 6.65. The molecule has 1 atom stereocenters. The van der Waals surface area contributed by atoms with E-state index >= 15 is 0 Å². The number of rotatable bonds is 6. The van der Waals surface area contributed by atoms with Crippen LogP contribution in [0.5, 0.6) is 5.75 Å². The number of anilines is 1. The van der Waals surface area contributed by atoms with Gasteiger partial charge in [-0.3, -0.25) is 9.36 Å². The smallest absolute Gasteiger partial charge is 0.338 e. The van der Waals surface area contributed by atoms with E-state index in [4.69, 9.17) is 9.47 Å². The molecule has 0 saturated carbocycles. The fourth-order valence-corrected chi connectivity index (χ4v) is 5.03. The number of carbonyl (C=O) groups is 1. The van der Waals surface area contributed by atoms with Gasteiger partial charge in [0.1, 0.15) is 5.75 Å². The summed E-state index contributed by atoms with van der Waals surface area (Å²) in [5.74, 6) is 0.206. The Morgan fingerprint density at radius 2 is 1.88 bits per heavy atom. The molecule has 7 nitrogen and oxygen atoms in total. The van der Waals surface area contributed by atoms with Crippen molar-refractivity contribution in [3.05, 3.63) is 90.6 Å². The maximum atomic E-state index is 13.7. The highest BCUT2D eigenvalue weighted by Crippen LogP contribution is 2.31. The number of para-hydroxylation sites is 1.